The highest BCUT2D eigenvalue weighted by molar-refractivity contribution is 6.48. The van der Waals surface area contributed by atoms with Gasteiger partial charge in [-0.2, -0.15) is 5.26 Å². The minimum absolute atomic E-state index is 0.133. The van der Waals surface area contributed by atoms with Crippen LogP contribution >= 0.6 is 23.2 Å². The molecule has 1 aliphatic carbocycles. The van der Waals surface area contributed by atoms with Crippen molar-refractivity contribution in [3.63, 3.8) is 0 Å². The van der Waals surface area contributed by atoms with E-state index in [-0.39, 0.29) is 17.5 Å². The van der Waals surface area contributed by atoms with Gasteiger partial charge in [0.25, 0.3) is 5.91 Å². The van der Waals surface area contributed by atoms with Crippen molar-refractivity contribution in [3.05, 3.63) is 34.6 Å². The van der Waals surface area contributed by atoms with Gasteiger partial charge in [0.05, 0.1) is 11.1 Å². The molecule has 2 heterocycles. The Balaban J connectivity index is 1.40. The van der Waals surface area contributed by atoms with Crippen LogP contribution in [0.3, 0.4) is 0 Å². The first kappa shape index (κ1) is 19.0. The lowest BCUT2D eigenvalue weighted by molar-refractivity contribution is 0.0504. The van der Waals surface area contributed by atoms with Gasteiger partial charge >= 0.3 is 0 Å². The molecule has 2 aliphatic heterocycles. The number of carbonyl (C=O) groups is 1. The number of alkyl halides is 2. The maximum atomic E-state index is 13.7. The molecule has 1 amide bonds. The standard InChI is InChI=1S/C20H22Cl2FN3O/c21-20(22)5-1-16(2-6-20)25-7-3-17(4-8-25)26-12-14-10-15(23)9-13(11-24)18(14)19(26)27/h9-10,16-17H,1-8,12H2. The summed E-state index contributed by atoms with van der Waals surface area (Å²) in [5.41, 5.74) is 1.16. The lowest BCUT2D eigenvalue weighted by Crippen LogP contribution is -2.49. The molecule has 0 unspecified atom stereocenters. The molecule has 3 aliphatic rings. The van der Waals surface area contributed by atoms with Gasteiger partial charge in [-0.15, -0.1) is 23.2 Å². The van der Waals surface area contributed by atoms with Crippen LogP contribution in [0.4, 0.5) is 4.39 Å². The van der Waals surface area contributed by atoms with E-state index in [0.29, 0.717) is 23.7 Å². The third-order valence-corrected chi connectivity index (χ3v) is 7.02. The zero-order valence-electron chi connectivity index (χ0n) is 15.1. The average molecular weight is 410 g/mol. The Bertz CT molecular complexity index is 789. The summed E-state index contributed by atoms with van der Waals surface area (Å²) in [6.45, 7) is 2.27. The van der Waals surface area contributed by atoms with Crippen molar-refractivity contribution >= 4 is 29.1 Å². The van der Waals surface area contributed by atoms with Gasteiger partial charge in [-0.25, -0.2) is 4.39 Å². The summed E-state index contributed by atoms with van der Waals surface area (Å²) in [6, 6.07) is 5.15. The van der Waals surface area contributed by atoms with Crippen LogP contribution in [0.2, 0.25) is 0 Å². The largest absolute Gasteiger partial charge is 0.331 e. The number of carbonyl (C=O) groups excluding carboxylic acids is 1. The number of nitrogens with zero attached hydrogens (tertiary/aromatic N) is 3. The van der Waals surface area contributed by atoms with Crippen molar-refractivity contribution in [1.82, 2.24) is 9.80 Å². The molecule has 0 aromatic heterocycles. The van der Waals surface area contributed by atoms with E-state index in [1.54, 1.807) is 0 Å². The van der Waals surface area contributed by atoms with Crippen molar-refractivity contribution in [1.29, 1.82) is 5.26 Å². The van der Waals surface area contributed by atoms with Crippen molar-refractivity contribution in [3.8, 4) is 6.07 Å². The van der Waals surface area contributed by atoms with Gasteiger partial charge in [-0.1, -0.05) is 0 Å². The van der Waals surface area contributed by atoms with Crippen LogP contribution in [-0.4, -0.2) is 45.2 Å². The lowest BCUT2D eigenvalue weighted by Gasteiger charge is -2.43. The van der Waals surface area contributed by atoms with Gasteiger partial charge in [0, 0.05) is 31.7 Å². The van der Waals surface area contributed by atoms with Gasteiger partial charge < -0.3 is 9.80 Å². The van der Waals surface area contributed by atoms with E-state index in [9.17, 15) is 14.4 Å². The first-order valence-corrected chi connectivity index (χ1v) is 10.3. The Morgan fingerprint density at radius 2 is 1.78 bits per heavy atom. The normalized spacial score (nSPS) is 24.1. The number of hydrogen-bond donors (Lipinski definition) is 0. The van der Waals surface area contributed by atoms with Gasteiger partial charge in [0.1, 0.15) is 16.2 Å². The number of likely N-dealkylation sites (tertiary alicyclic amines) is 1. The highest BCUT2D eigenvalue weighted by Crippen LogP contribution is 2.40. The van der Waals surface area contributed by atoms with Crippen molar-refractivity contribution in [2.45, 2.75) is 61.5 Å². The summed E-state index contributed by atoms with van der Waals surface area (Å²) in [4.78, 5) is 17.2. The maximum Gasteiger partial charge on any atom is 0.256 e. The number of piperidine rings is 1. The van der Waals surface area contributed by atoms with Crippen LogP contribution in [0, 0.1) is 17.1 Å². The number of benzene rings is 1. The van der Waals surface area contributed by atoms with Crippen LogP contribution in [0.5, 0.6) is 0 Å². The molecule has 0 bridgehead atoms. The maximum absolute atomic E-state index is 13.7. The van der Waals surface area contributed by atoms with Crippen LogP contribution in [0.25, 0.3) is 0 Å². The number of rotatable bonds is 2. The van der Waals surface area contributed by atoms with Gasteiger partial charge in [-0.05, 0) is 56.2 Å². The Morgan fingerprint density at radius 3 is 2.41 bits per heavy atom. The van der Waals surface area contributed by atoms with Gasteiger partial charge in [0.15, 0.2) is 0 Å². The molecule has 4 rings (SSSR count). The zero-order valence-corrected chi connectivity index (χ0v) is 16.6. The third-order valence-electron chi connectivity index (χ3n) is 6.26. The van der Waals surface area contributed by atoms with Crippen LogP contribution < -0.4 is 0 Å². The summed E-state index contributed by atoms with van der Waals surface area (Å²) in [6.07, 6.45) is 5.46. The molecule has 0 atom stereocenters. The second-order valence-electron chi connectivity index (χ2n) is 7.89. The topological polar surface area (TPSA) is 47.3 Å². The minimum atomic E-state index is -0.573. The summed E-state index contributed by atoms with van der Waals surface area (Å²) in [5, 5.41) is 9.24. The molecule has 0 N–H and O–H groups in total. The molecule has 1 aromatic rings. The molecule has 0 radical (unpaired) electrons. The van der Waals surface area contributed by atoms with E-state index in [2.05, 4.69) is 4.90 Å². The first-order chi connectivity index (χ1) is 12.9. The molecular formula is C20H22Cl2FN3O. The first-order valence-electron chi connectivity index (χ1n) is 9.53. The molecule has 4 nitrogen and oxygen atoms in total. The Morgan fingerprint density at radius 1 is 1.11 bits per heavy atom. The number of nitriles is 1. The highest BCUT2D eigenvalue weighted by atomic mass is 35.5. The second-order valence-corrected chi connectivity index (χ2v) is 9.53. The lowest BCUT2D eigenvalue weighted by atomic mass is 9.91. The van der Waals surface area contributed by atoms with Crippen LogP contribution in [0.1, 0.15) is 60.0 Å². The Kier molecular flexibility index (Phi) is 5.09. The van der Waals surface area contributed by atoms with Crippen LogP contribution in [0.15, 0.2) is 12.1 Å². The second kappa shape index (κ2) is 7.24. The monoisotopic (exact) mass is 409 g/mol. The predicted molar refractivity (Wildman–Crippen MR) is 102 cm³/mol. The molecule has 144 valence electrons. The molecule has 0 spiro atoms. The molecule has 2 fully saturated rings. The predicted octanol–water partition coefficient (Wildman–Crippen LogP) is 4.23. The molecular weight excluding hydrogens is 388 g/mol. The molecule has 27 heavy (non-hydrogen) atoms. The van der Waals surface area contributed by atoms with Crippen molar-refractivity contribution in [2.75, 3.05) is 13.1 Å². The van der Waals surface area contributed by atoms with Crippen molar-refractivity contribution in [2.24, 2.45) is 0 Å². The summed E-state index contributed by atoms with van der Waals surface area (Å²) in [7, 11) is 0. The van der Waals surface area contributed by atoms with E-state index in [1.165, 1.54) is 6.07 Å². The molecule has 1 saturated carbocycles. The summed E-state index contributed by atoms with van der Waals surface area (Å²) < 4.78 is 13.1. The molecule has 7 heteroatoms. The van der Waals surface area contributed by atoms with E-state index < -0.39 is 10.2 Å². The molecule has 1 aromatic carbocycles. The summed E-state index contributed by atoms with van der Waals surface area (Å²) in [5.74, 6) is -0.589. The molecule has 1 saturated heterocycles. The Labute approximate surface area is 168 Å². The van der Waals surface area contributed by atoms with E-state index in [4.69, 9.17) is 23.2 Å². The Hall–Kier alpha value is -1.35. The fourth-order valence-corrected chi connectivity index (χ4v) is 5.21. The fourth-order valence-electron chi connectivity index (χ4n) is 4.78. The third kappa shape index (κ3) is 3.68. The van der Waals surface area contributed by atoms with Crippen LogP contribution in [-0.2, 0) is 6.54 Å². The van der Waals surface area contributed by atoms with E-state index in [0.717, 1.165) is 57.7 Å². The smallest absolute Gasteiger partial charge is 0.256 e. The van der Waals surface area contributed by atoms with E-state index >= 15 is 0 Å². The summed E-state index contributed by atoms with van der Waals surface area (Å²) >= 11 is 12.5. The zero-order chi connectivity index (χ0) is 19.2. The van der Waals surface area contributed by atoms with Crippen molar-refractivity contribution < 1.29 is 9.18 Å². The highest BCUT2D eigenvalue weighted by Gasteiger charge is 2.39. The van der Waals surface area contributed by atoms with E-state index in [1.807, 2.05) is 11.0 Å². The van der Waals surface area contributed by atoms with Gasteiger partial charge in [-0.3, -0.25) is 4.79 Å². The average Bonchev–Trinajstić information content (AvgIpc) is 2.97. The number of fused-ring (bicyclic) bond motifs is 1. The SMILES string of the molecule is N#Cc1cc(F)cc2c1C(=O)N(C1CCN(C3CCC(Cl)(Cl)CC3)CC1)C2. The fraction of sp³-hybridized carbons (Fsp3) is 0.600. The quantitative estimate of drug-likeness (QED) is 0.686. The number of hydrogen-bond acceptors (Lipinski definition) is 3. The van der Waals surface area contributed by atoms with Gasteiger partial charge in [0.2, 0.25) is 0 Å². The number of amides is 1. The minimum Gasteiger partial charge on any atom is -0.331 e. The number of halogens is 3.